The molecule has 0 spiro atoms. The standard InChI is InChI=1S/C24H30BrN3O4S/c1-5-32-23(31)18-7-6-12-28(14-18)21(29)16(3)33-24-26-15(2)20(22(30)27(24)4)13-17-8-10-19(25)11-9-17/h8-11,16,18H,5-7,12-14H2,1-4H3. The summed E-state index contributed by atoms with van der Waals surface area (Å²) in [5.41, 5.74) is 2.25. The lowest BCUT2D eigenvalue weighted by Crippen LogP contribution is -2.45. The Morgan fingerprint density at radius 3 is 2.67 bits per heavy atom. The highest BCUT2D eigenvalue weighted by Gasteiger charge is 2.32. The molecule has 1 aliphatic rings. The van der Waals surface area contributed by atoms with Gasteiger partial charge in [0.05, 0.1) is 17.8 Å². The van der Waals surface area contributed by atoms with Gasteiger partial charge in [0, 0.05) is 42.3 Å². The maximum Gasteiger partial charge on any atom is 0.310 e. The van der Waals surface area contributed by atoms with Gasteiger partial charge in [0.2, 0.25) is 5.91 Å². The van der Waals surface area contributed by atoms with E-state index in [-0.39, 0.29) is 23.4 Å². The SMILES string of the molecule is CCOC(=O)C1CCCN(C(=O)C(C)Sc2nc(C)c(Cc3ccc(Br)cc3)c(=O)n2C)C1. The van der Waals surface area contributed by atoms with Gasteiger partial charge in [-0.2, -0.15) is 0 Å². The van der Waals surface area contributed by atoms with Crippen molar-refractivity contribution >= 4 is 39.6 Å². The van der Waals surface area contributed by atoms with Crippen LogP contribution in [0.25, 0.3) is 0 Å². The van der Waals surface area contributed by atoms with E-state index in [0.717, 1.165) is 22.9 Å². The number of esters is 1. The topological polar surface area (TPSA) is 81.5 Å². The van der Waals surface area contributed by atoms with E-state index in [9.17, 15) is 14.4 Å². The molecule has 2 unspecified atom stereocenters. The van der Waals surface area contributed by atoms with Crippen LogP contribution in [0.1, 0.15) is 43.5 Å². The molecule has 2 atom stereocenters. The third-order valence-electron chi connectivity index (χ3n) is 5.83. The third kappa shape index (κ3) is 6.26. The van der Waals surface area contributed by atoms with E-state index >= 15 is 0 Å². The van der Waals surface area contributed by atoms with Crippen LogP contribution in [0.4, 0.5) is 0 Å². The molecule has 9 heteroatoms. The van der Waals surface area contributed by atoms with Gasteiger partial charge < -0.3 is 9.64 Å². The fourth-order valence-corrected chi connectivity index (χ4v) is 5.20. The van der Waals surface area contributed by atoms with Crippen LogP contribution in [0.2, 0.25) is 0 Å². The average Bonchev–Trinajstić information content (AvgIpc) is 2.81. The number of benzene rings is 1. The van der Waals surface area contributed by atoms with Crippen LogP contribution < -0.4 is 5.56 Å². The van der Waals surface area contributed by atoms with E-state index in [4.69, 9.17) is 4.74 Å². The number of hydrogen-bond acceptors (Lipinski definition) is 6. The third-order valence-corrected chi connectivity index (χ3v) is 7.49. The number of likely N-dealkylation sites (tertiary alicyclic amines) is 1. The van der Waals surface area contributed by atoms with Crippen LogP contribution in [-0.4, -0.2) is 51.3 Å². The van der Waals surface area contributed by atoms with Crippen LogP contribution >= 0.6 is 27.7 Å². The van der Waals surface area contributed by atoms with Crippen molar-refractivity contribution in [1.29, 1.82) is 0 Å². The Morgan fingerprint density at radius 1 is 1.30 bits per heavy atom. The fraction of sp³-hybridized carbons (Fsp3) is 0.500. The summed E-state index contributed by atoms with van der Waals surface area (Å²) in [6.07, 6.45) is 2.01. The first kappa shape index (κ1) is 25.5. The van der Waals surface area contributed by atoms with Crippen LogP contribution in [0.5, 0.6) is 0 Å². The van der Waals surface area contributed by atoms with Crippen molar-refractivity contribution in [3.63, 3.8) is 0 Å². The van der Waals surface area contributed by atoms with Gasteiger partial charge in [-0.3, -0.25) is 19.0 Å². The molecule has 0 N–H and O–H groups in total. The summed E-state index contributed by atoms with van der Waals surface area (Å²) in [5.74, 6) is -0.571. The number of halogens is 1. The molecule has 1 aromatic heterocycles. The lowest BCUT2D eigenvalue weighted by Gasteiger charge is -2.33. The van der Waals surface area contributed by atoms with Crippen molar-refractivity contribution in [1.82, 2.24) is 14.5 Å². The minimum atomic E-state index is -0.430. The molecular formula is C24H30BrN3O4S. The number of carbonyl (C=O) groups is 2. The van der Waals surface area contributed by atoms with Crippen molar-refractivity contribution in [2.75, 3.05) is 19.7 Å². The maximum absolute atomic E-state index is 13.1. The highest BCUT2D eigenvalue weighted by atomic mass is 79.9. The number of amides is 1. The Hall–Kier alpha value is -2.13. The number of hydrogen-bond donors (Lipinski definition) is 0. The quantitative estimate of drug-likeness (QED) is 0.305. The van der Waals surface area contributed by atoms with E-state index in [0.29, 0.717) is 42.5 Å². The molecule has 0 bridgehead atoms. The first-order chi connectivity index (χ1) is 15.7. The highest BCUT2D eigenvalue weighted by molar-refractivity contribution is 9.10. The number of nitrogens with zero attached hydrogens (tertiary/aromatic N) is 3. The zero-order chi connectivity index (χ0) is 24.1. The number of thioether (sulfide) groups is 1. The summed E-state index contributed by atoms with van der Waals surface area (Å²) in [7, 11) is 1.69. The van der Waals surface area contributed by atoms with Gasteiger partial charge in [0.25, 0.3) is 5.56 Å². The molecule has 1 amide bonds. The van der Waals surface area contributed by atoms with Gasteiger partial charge in [-0.25, -0.2) is 4.98 Å². The van der Waals surface area contributed by atoms with E-state index < -0.39 is 5.25 Å². The number of aryl methyl sites for hydroxylation is 1. The Morgan fingerprint density at radius 2 is 2.00 bits per heavy atom. The Balaban J connectivity index is 1.72. The van der Waals surface area contributed by atoms with Crippen molar-refractivity contribution < 1.29 is 14.3 Å². The summed E-state index contributed by atoms with van der Waals surface area (Å²) < 4.78 is 7.64. The number of aromatic nitrogens is 2. The van der Waals surface area contributed by atoms with Gasteiger partial charge in [0.1, 0.15) is 0 Å². The van der Waals surface area contributed by atoms with Crippen LogP contribution in [0, 0.1) is 12.8 Å². The van der Waals surface area contributed by atoms with Crippen LogP contribution in [0.15, 0.2) is 38.7 Å². The molecular weight excluding hydrogens is 506 g/mol. The number of piperidine rings is 1. The van der Waals surface area contributed by atoms with Gasteiger partial charge in [-0.15, -0.1) is 0 Å². The monoisotopic (exact) mass is 535 g/mol. The Kier molecular flexibility index (Phi) is 8.75. The number of rotatable bonds is 7. The predicted molar refractivity (Wildman–Crippen MR) is 132 cm³/mol. The van der Waals surface area contributed by atoms with Crippen LogP contribution in [-0.2, 0) is 27.8 Å². The lowest BCUT2D eigenvalue weighted by atomic mass is 9.98. The van der Waals surface area contributed by atoms with Crippen molar-refractivity contribution in [2.45, 2.75) is 50.4 Å². The largest absolute Gasteiger partial charge is 0.466 e. The Labute approximate surface area is 207 Å². The molecule has 0 aliphatic carbocycles. The van der Waals surface area contributed by atoms with Gasteiger partial charge in [-0.05, 0) is 51.3 Å². The van der Waals surface area contributed by atoms with Crippen LogP contribution in [0.3, 0.4) is 0 Å². The first-order valence-electron chi connectivity index (χ1n) is 11.1. The van der Waals surface area contributed by atoms with Gasteiger partial charge in [-0.1, -0.05) is 39.8 Å². The molecule has 3 rings (SSSR count). The van der Waals surface area contributed by atoms with Crippen molar-refractivity contribution in [2.24, 2.45) is 13.0 Å². The summed E-state index contributed by atoms with van der Waals surface area (Å²) in [6.45, 7) is 6.77. The second-order valence-electron chi connectivity index (χ2n) is 8.26. The molecule has 0 radical (unpaired) electrons. The minimum absolute atomic E-state index is 0.0557. The van der Waals surface area contributed by atoms with E-state index in [2.05, 4.69) is 20.9 Å². The molecule has 2 aromatic rings. The summed E-state index contributed by atoms with van der Waals surface area (Å²) >= 11 is 4.70. The molecule has 1 saturated heterocycles. The molecule has 33 heavy (non-hydrogen) atoms. The zero-order valence-corrected chi connectivity index (χ0v) is 21.9. The predicted octanol–water partition coefficient (Wildman–Crippen LogP) is 3.72. The van der Waals surface area contributed by atoms with Crippen molar-refractivity contribution in [3.8, 4) is 0 Å². The molecule has 178 valence electrons. The second-order valence-corrected chi connectivity index (χ2v) is 10.5. The number of ether oxygens (including phenoxy) is 1. The van der Waals surface area contributed by atoms with Gasteiger partial charge in [0.15, 0.2) is 5.16 Å². The summed E-state index contributed by atoms with van der Waals surface area (Å²) in [4.78, 5) is 44.6. The zero-order valence-electron chi connectivity index (χ0n) is 19.5. The van der Waals surface area contributed by atoms with Gasteiger partial charge >= 0.3 is 5.97 Å². The Bertz CT molecular complexity index is 1070. The maximum atomic E-state index is 13.1. The lowest BCUT2D eigenvalue weighted by molar-refractivity contribution is -0.151. The number of carbonyl (C=O) groups excluding carboxylic acids is 2. The van der Waals surface area contributed by atoms with E-state index in [1.165, 1.54) is 16.3 Å². The molecule has 1 fully saturated rings. The molecule has 1 aromatic carbocycles. The van der Waals surface area contributed by atoms with Crippen molar-refractivity contribution in [3.05, 3.63) is 55.9 Å². The van der Waals surface area contributed by atoms with E-state index in [1.807, 2.05) is 38.1 Å². The second kappa shape index (κ2) is 11.3. The highest BCUT2D eigenvalue weighted by Crippen LogP contribution is 2.26. The first-order valence-corrected chi connectivity index (χ1v) is 12.8. The molecule has 0 saturated carbocycles. The minimum Gasteiger partial charge on any atom is -0.466 e. The average molecular weight is 536 g/mol. The smallest absolute Gasteiger partial charge is 0.310 e. The molecule has 2 heterocycles. The summed E-state index contributed by atoms with van der Waals surface area (Å²) in [5, 5.41) is 0.0811. The molecule has 7 nitrogen and oxygen atoms in total. The summed E-state index contributed by atoms with van der Waals surface area (Å²) in [6, 6.07) is 7.86. The normalized spacial score (nSPS) is 17.0. The molecule has 1 aliphatic heterocycles. The van der Waals surface area contributed by atoms with E-state index in [1.54, 1.807) is 18.9 Å². The fourth-order valence-electron chi connectivity index (χ4n) is 3.94.